The van der Waals surface area contributed by atoms with E-state index in [1.807, 2.05) is 0 Å². The second kappa shape index (κ2) is 5.16. The van der Waals surface area contributed by atoms with Crippen molar-refractivity contribution in [2.24, 2.45) is 0 Å². The Morgan fingerprint density at radius 1 is 1.17 bits per heavy atom. The highest BCUT2D eigenvalue weighted by Crippen LogP contribution is 2.26. The molecule has 2 N–H and O–H groups in total. The Bertz CT molecular complexity index is 510. The fraction of sp³-hybridized carbons (Fsp3) is 0.500. The third-order valence-corrected chi connectivity index (χ3v) is 5.17. The van der Waals surface area contributed by atoms with E-state index in [2.05, 4.69) is 0 Å². The maximum Gasteiger partial charge on any atom is 0.303 e. The van der Waals surface area contributed by atoms with Gasteiger partial charge in [0.1, 0.15) is 0 Å². The molecule has 0 aromatic heterocycles. The summed E-state index contributed by atoms with van der Waals surface area (Å²) in [5, 5.41) is 0. The van der Waals surface area contributed by atoms with Gasteiger partial charge in [0, 0.05) is 20.1 Å². The standard InChI is InChI=1S/C12H19N3O2S/c1-14(12-8-4-3-7-11(12)13)18(16,17)15-9-5-2-6-10-15/h3-4,7-8H,2,5-6,9-10,13H2,1H3. The molecule has 1 aliphatic heterocycles. The van der Waals surface area contributed by atoms with Crippen LogP contribution in [-0.4, -0.2) is 32.9 Å². The average molecular weight is 269 g/mol. The Labute approximate surface area is 108 Å². The number of benzene rings is 1. The first-order valence-corrected chi connectivity index (χ1v) is 7.51. The van der Waals surface area contributed by atoms with Gasteiger partial charge in [-0.2, -0.15) is 12.7 Å². The van der Waals surface area contributed by atoms with Gasteiger partial charge in [-0.15, -0.1) is 0 Å². The third kappa shape index (κ3) is 2.44. The molecule has 2 rings (SSSR count). The second-order valence-electron chi connectivity index (χ2n) is 4.49. The molecule has 0 spiro atoms. The SMILES string of the molecule is CN(c1ccccc1N)S(=O)(=O)N1CCCCC1. The predicted octanol–water partition coefficient (Wildman–Crippen LogP) is 1.44. The minimum atomic E-state index is -3.45. The van der Waals surface area contributed by atoms with Crippen LogP contribution in [-0.2, 0) is 10.2 Å². The number of nitrogens with zero attached hydrogens (tertiary/aromatic N) is 2. The van der Waals surface area contributed by atoms with E-state index in [9.17, 15) is 8.42 Å². The van der Waals surface area contributed by atoms with E-state index in [4.69, 9.17) is 5.73 Å². The van der Waals surface area contributed by atoms with E-state index in [-0.39, 0.29) is 0 Å². The maximum atomic E-state index is 12.4. The molecular weight excluding hydrogens is 250 g/mol. The van der Waals surface area contributed by atoms with E-state index in [1.165, 1.54) is 8.61 Å². The molecule has 0 bridgehead atoms. The zero-order chi connectivity index (χ0) is 13.2. The molecule has 0 amide bonds. The molecule has 18 heavy (non-hydrogen) atoms. The number of para-hydroxylation sites is 2. The van der Waals surface area contributed by atoms with Crippen molar-refractivity contribution in [1.29, 1.82) is 0 Å². The number of nitrogens with two attached hydrogens (primary N) is 1. The van der Waals surface area contributed by atoms with Crippen molar-refractivity contribution >= 4 is 21.6 Å². The van der Waals surface area contributed by atoms with Crippen molar-refractivity contribution in [1.82, 2.24) is 4.31 Å². The molecule has 1 fully saturated rings. The lowest BCUT2D eigenvalue weighted by Crippen LogP contribution is -2.44. The fourth-order valence-electron chi connectivity index (χ4n) is 2.17. The zero-order valence-electron chi connectivity index (χ0n) is 10.5. The average Bonchev–Trinajstić information content (AvgIpc) is 2.39. The smallest absolute Gasteiger partial charge is 0.303 e. The lowest BCUT2D eigenvalue weighted by atomic mass is 10.2. The van der Waals surface area contributed by atoms with Crippen LogP contribution in [0.5, 0.6) is 0 Å². The van der Waals surface area contributed by atoms with Crippen LogP contribution in [0.25, 0.3) is 0 Å². The quantitative estimate of drug-likeness (QED) is 0.844. The number of rotatable bonds is 3. The molecule has 0 saturated carbocycles. The van der Waals surface area contributed by atoms with Crippen molar-refractivity contribution in [3.05, 3.63) is 24.3 Å². The van der Waals surface area contributed by atoms with E-state index in [0.717, 1.165) is 19.3 Å². The van der Waals surface area contributed by atoms with Gasteiger partial charge >= 0.3 is 10.2 Å². The van der Waals surface area contributed by atoms with Gasteiger partial charge in [0.15, 0.2) is 0 Å². The molecule has 1 aromatic carbocycles. The first-order valence-electron chi connectivity index (χ1n) is 6.12. The van der Waals surface area contributed by atoms with Crippen molar-refractivity contribution in [2.75, 3.05) is 30.2 Å². The number of nitrogen functional groups attached to an aromatic ring is 1. The van der Waals surface area contributed by atoms with Gasteiger partial charge in [-0.1, -0.05) is 18.6 Å². The Kier molecular flexibility index (Phi) is 3.77. The van der Waals surface area contributed by atoms with Crippen LogP contribution < -0.4 is 10.0 Å². The van der Waals surface area contributed by atoms with Crippen LogP contribution in [0, 0.1) is 0 Å². The molecule has 5 nitrogen and oxygen atoms in total. The van der Waals surface area contributed by atoms with Crippen molar-refractivity contribution in [3.8, 4) is 0 Å². The summed E-state index contributed by atoms with van der Waals surface area (Å²) in [5.74, 6) is 0. The highest BCUT2D eigenvalue weighted by Gasteiger charge is 2.29. The molecule has 6 heteroatoms. The number of anilines is 2. The fourth-order valence-corrected chi connectivity index (χ4v) is 3.65. The molecule has 1 aliphatic rings. The summed E-state index contributed by atoms with van der Waals surface area (Å²) < 4.78 is 27.7. The highest BCUT2D eigenvalue weighted by molar-refractivity contribution is 7.90. The molecule has 0 atom stereocenters. The van der Waals surface area contributed by atoms with Gasteiger partial charge in [-0.05, 0) is 25.0 Å². The maximum absolute atomic E-state index is 12.4. The molecule has 0 unspecified atom stereocenters. The normalized spacial score (nSPS) is 17.6. The van der Waals surface area contributed by atoms with Crippen LogP contribution in [0.15, 0.2) is 24.3 Å². The predicted molar refractivity (Wildman–Crippen MR) is 73.6 cm³/mol. The summed E-state index contributed by atoms with van der Waals surface area (Å²) in [4.78, 5) is 0. The minimum absolute atomic E-state index is 0.473. The summed E-state index contributed by atoms with van der Waals surface area (Å²) in [7, 11) is -1.90. The van der Waals surface area contributed by atoms with Crippen molar-refractivity contribution < 1.29 is 8.42 Å². The lowest BCUT2D eigenvalue weighted by Gasteiger charge is -2.31. The molecule has 1 saturated heterocycles. The summed E-state index contributed by atoms with van der Waals surface area (Å²) in [6.07, 6.45) is 2.96. The van der Waals surface area contributed by atoms with Crippen molar-refractivity contribution in [3.63, 3.8) is 0 Å². The first-order chi connectivity index (χ1) is 8.53. The summed E-state index contributed by atoms with van der Waals surface area (Å²) in [6.45, 7) is 1.19. The van der Waals surface area contributed by atoms with Crippen LogP contribution in [0.3, 0.4) is 0 Å². The van der Waals surface area contributed by atoms with E-state index in [0.29, 0.717) is 24.5 Å². The molecule has 0 aliphatic carbocycles. The van der Waals surface area contributed by atoms with Gasteiger partial charge in [0.25, 0.3) is 0 Å². The Hall–Kier alpha value is -1.27. The van der Waals surface area contributed by atoms with Crippen molar-refractivity contribution in [2.45, 2.75) is 19.3 Å². The van der Waals surface area contributed by atoms with Crippen LogP contribution >= 0.6 is 0 Å². The summed E-state index contributed by atoms with van der Waals surface area (Å²) in [5.41, 5.74) is 6.83. The third-order valence-electron chi connectivity index (χ3n) is 3.26. The summed E-state index contributed by atoms with van der Waals surface area (Å²) in [6, 6.07) is 7.00. The zero-order valence-corrected chi connectivity index (χ0v) is 11.4. The largest absolute Gasteiger partial charge is 0.397 e. The Morgan fingerprint density at radius 3 is 2.39 bits per heavy atom. The lowest BCUT2D eigenvalue weighted by molar-refractivity contribution is 0.346. The molecular formula is C12H19N3O2S. The Balaban J connectivity index is 2.27. The van der Waals surface area contributed by atoms with Gasteiger partial charge in [-0.25, -0.2) is 0 Å². The second-order valence-corrected chi connectivity index (χ2v) is 6.45. The van der Waals surface area contributed by atoms with Gasteiger partial charge < -0.3 is 5.73 Å². The molecule has 0 radical (unpaired) electrons. The number of hydrogen-bond donors (Lipinski definition) is 1. The van der Waals surface area contributed by atoms with Gasteiger partial charge in [0.05, 0.1) is 11.4 Å². The van der Waals surface area contributed by atoms with Crippen LogP contribution in [0.4, 0.5) is 11.4 Å². The molecule has 1 aromatic rings. The monoisotopic (exact) mass is 269 g/mol. The van der Waals surface area contributed by atoms with Gasteiger partial charge in [-0.3, -0.25) is 4.31 Å². The number of piperidine rings is 1. The Morgan fingerprint density at radius 2 is 1.78 bits per heavy atom. The topological polar surface area (TPSA) is 66.6 Å². The van der Waals surface area contributed by atoms with Crippen LogP contribution in [0.1, 0.15) is 19.3 Å². The first kappa shape index (κ1) is 13.2. The minimum Gasteiger partial charge on any atom is -0.397 e. The van der Waals surface area contributed by atoms with E-state index < -0.39 is 10.2 Å². The van der Waals surface area contributed by atoms with Crippen LogP contribution in [0.2, 0.25) is 0 Å². The molecule has 1 heterocycles. The highest BCUT2D eigenvalue weighted by atomic mass is 32.2. The molecule has 100 valence electrons. The summed E-state index contributed by atoms with van der Waals surface area (Å²) >= 11 is 0. The number of hydrogen-bond acceptors (Lipinski definition) is 3. The van der Waals surface area contributed by atoms with E-state index in [1.54, 1.807) is 31.3 Å². The van der Waals surface area contributed by atoms with E-state index >= 15 is 0 Å². The van der Waals surface area contributed by atoms with Gasteiger partial charge in [0.2, 0.25) is 0 Å².